The molecule has 3 rings (SSSR count). The van der Waals surface area contributed by atoms with Gasteiger partial charge in [0.2, 0.25) is 0 Å². The van der Waals surface area contributed by atoms with E-state index < -0.39 is 0 Å². The highest BCUT2D eigenvalue weighted by Gasteiger charge is 2.26. The molecule has 0 N–H and O–H groups in total. The fraction of sp³-hybridized carbons (Fsp3) is 0.250. The van der Waals surface area contributed by atoms with Crippen LogP contribution in [0.5, 0.6) is 0 Å². The van der Waals surface area contributed by atoms with Gasteiger partial charge in [-0.2, -0.15) is 0 Å². The van der Waals surface area contributed by atoms with Gasteiger partial charge < -0.3 is 9.64 Å². The van der Waals surface area contributed by atoms with Crippen LogP contribution in [-0.2, 0) is 4.74 Å². The van der Waals surface area contributed by atoms with Crippen LogP contribution in [0.3, 0.4) is 0 Å². The van der Waals surface area contributed by atoms with Crippen molar-refractivity contribution in [1.82, 2.24) is 0 Å². The van der Waals surface area contributed by atoms with Crippen molar-refractivity contribution in [2.24, 2.45) is 0 Å². The maximum atomic E-state index is 5.63. The predicted molar refractivity (Wildman–Crippen MR) is 73.7 cm³/mol. The molecule has 0 aromatic heterocycles. The molecular formula is C16H17NO. The Balaban J connectivity index is 1.90. The maximum Gasteiger partial charge on any atom is 0.119 e. The average molecular weight is 239 g/mol. The summed E-state index contributed by atoms with van der Waals surface area (Å²) in [5.74, 6) is 0. The lowest BCUT2D eigenvalue weighted by atomic mass is 10.1. The average Bonchev–Trinajstić information content (AvgIpc) is 2.90. The second kappa shape index (κ2) is 4.83. The number of ether oxygens (including phenoxy) is 1. The summed E-state index contributed by atoms with van der Waals surface area (Å²) in [4.78, 5) is 2.31. The molecule has 1 saturated heterocycles. The van der Waals surface area contributed by atoms with E-state index in [1.165, 1.54) is 16.8 Å². The molecule has 2 aromatic carbocycles. The SMILES string of the molecule is Cc1ccc(N2COCC2c2ccccc2)cc1. The van der Waals surface area contributed by atoms with Gasteiger partial charge in [0, 0.05) is 5.69 Å². The zero-order valence-corrected chi connectivity index (χ0v) is 10.5. The van der Waals surface area contributed by atoms with Crippen LogP contribution in [0.2, 0.25) is 0 Å². The quantitative estimate of drug-likeness (QED) is 0.795. The zero-order valence-electron chi connectivity index (χ0n) is 10.5. The van der Waals surface area contributed by atoms with Crippen molar-refractivity contribution in [3.63, 3.8) is 0 Å². The summed E-state index contributed by atoms with van der Waals surface area (Å²) < 4.78 is 5.63. The number of aryl methyl sites for hydroxylation is 1. The van der Waals surface area contributed by atoms with Crippen LogP contribution in [-0.4, -0.2) is 13.3 Å². The minimum Gasteiger partial charge on any atom is -0.359 e. The molecule has 1 unspecified atom stereocenters. The van der Waals surface area contributed by atoms with E-state index in [9.17, 15) is 0 Å². The first-order valence-electron chi connectivity index (χ1n) is 6.30. The molecule has 1 aliphatic heterocycles. The minimum absolute atomic E-state index is 0.328. The second-order valence-corrected chi connectivity index (χ2v) is 4.73. The van der Waals surface area contributed by atoms with E-state index in [-0.39, 0.29) is 0 Å². The van der Waals surface area contributed by atoms with Gasteiger partial charge in [-0.3, -0.25) is 0 Å². The Hall–Kier alpha value is -1.80. The molecule has 0 amide bonds. The van der Waals surface area contributed by atoms with E-state index in [2.05, 4.69) is 66.4 Å². The van der Waals surface area contributed by atoms with Gasteiger partial charge in [0.05, 0.1) is 12.6 Å². The van der Waals surface area contributed by atoms with Crippen molar-refractivity contribution in [3.8, 4) is 0 Å². The number of hydrogen-bond acceptors (Lipinski definition) is 2. The molecule has 0 aliphatic carbocycles. The number of rotatable bonds is 2. The summed E-state index contributed by atoms with van der Waals surface area (Å²) in [5.41, 5.74) is 3.83. The van der Waals surface area contributed by atoms with Gasteiger partial charge in [0.15, 0.2) is 0 Å². The highest BCUT2D eigenvalue weighted by Crippen LogP contribution is 2.31. The minimum atomic E-state index is 0.328. The normalized spacial score (nSPS) is 19.2. The third-order valence-electron chi connectivity index (χ3n) is 3.43. The smallest absolute Gasteiger partial charge is 0.119 e. The first kappa shape index (κ1) is 11.3. The Kier molecular flexibility index (Phi) is 3.03. The molecule has 1 heterocycles. The van der Waals surface area contributed by atoms with Gasteiger partial charge in [0.25, 0.3) is 0 Å². The van der Waals surface area contributed by atoms with Crippen molar-refractivity contribution in [2.75, 3.05) is 18.2 Å². The van der Waals surface area contributed by atoms with Gasteiger partial charge in [-0.05, 0) is 24.6 Å². The molecule has 1 fully saturated rings. The Bertz CT molecular complexity index is 506. The van der Waals surface area contributed by atoms with E-state index in [4.69, 9.17) is 4.74 Å². The van der Waals surface area contributed by atoms with Gasteiger partial charge >= 0.3 is 0 Å². The molecule has 92 valence electrons. The molecule has 0 radical (unpaired) electrons. The topological polar surface area (TPSA) is 12.5 Å². The number of hydrogen-bond donors (Lipinski definition) is 0. The summed E-state index contributed by atoms with van der Waals surface area (Å²) in [5, 5.41) is 0. The molecule has 18 heavy (non-hydrogen) atoms. The van der Waals surface area contributed by atoms with Gasteiger partial charge in [-0.15, -0.1) is 0 Å². The first-order valence-corrected chi connectivity index (χ1v) is 6.30. The fourth-order valence-electron chi connectivity index (χ4n) is 2.38. The Labute approximate surface area is 108 Å². The third-order valence-corrected chi connectivity index (χ3v) is 3.43. The van der Waals surface area contributed by atoms with Crippen molar-refractivity contribution < 1.29 is 4.74 Å². The third kappa shape index (κ3) is 2.12. The lowest BCUT2D eigenvalue weighted by Gasteiger charge is -2.25. The molecule has 0 spiro atoms. The lowest BCUT2D eigenvalue weighted by Crippen LogP contribution is -2.23. The van der Waals surface area contributed by atoms with E-state index in [1.54, 1.807) is 0 Å². The molecule has 0 bridgehead atoms. The van der Waals surface area contributed by atoms with Crippen LogP contribution in [0.15, 0.2) is 54.6 Å². The molecule has 2 aromatic rings. The summed E-state index contributed by atoms with van der Waals surface area (Å²) in [6.07, 6.45) is 0. The molecule has 2 nitrogen and oxygen atoms in total. The van der Waals surface area contributed by atoms with Crippen molar-refractivity contribution in [3.05, 3.63) is 65.7 Å². The Morgan fingerprint density at radius 1 is 1.00 bits per heavy atom. The van der Waals surface area contributed by atoms with Crippen LogP contribution in [0.1, 0.15) is 17.2 Å². The fourth-order valence-corrected chi connectivity index (χ4v) is 2.38. The van der Waals surface area contributed by atoms with E-state index in [1.807, 2.05) is 0 Å². The highest BCUT2D eigenvalue weighted by atomic mass is 16.5. The molecule has 0 saturated carbocycles. The number of nitrogens with zero attached hydrogens (tertiary/aromatic N) is 1. The van der Waals surface area contributed by atoms with Gasteiger partial charge in [-0.1, -0.05) is 48.0 Å². The standard InChI is InChI=1S/C16H17NO/c1-13-7-9-15(10-8-13)17-12-18-11-16(17)14-5-3-2-4-6-14/h2-10,16H,11-12H2,1H3. The summed E-state index contributed by atoms with van der Waals surface area (Å²) >= 11 is 0. The Morgan fingerprint density at radius 2 is 1.72 bits per heavy atom. The monoisotopic (exact) mass is 239 g/mol. The van der Waals surface area contributed by atoms with Crippen molar-refractivity contribution in [1.29, 1.82) is 0 Å². The van der Waals surface area contributed by atoms with Gasteiger partial charge in [0.1, 0.15) is 6.73 Å². The molecule has 1 atom stereocenters. The first-order chi connectivity index (χ1) is 8.84. The number of anilines is 1. The van der Waals surface area contributed by atoms with Crippen LogP contribution >= 0.6 is 0 Å². The lowest BCUT2D eigenvalue weighted by molar-refractivity contribution is 0.194. The van der Waals surface area contributed by atoms with E-state index in [0.29, 0.717) is 12.8 Å². The zero-order chi connectivity index (χ0) is 12.4. The maximum absolute atomic E-state index is 5.63. The van der Waals surface area contributed by atoms with Crippen LogP contribution in [0.25, 0.3) is 0 Å². The molecular weight excluding hydrogens is 222 g/mol. The second-order valence-electron chi connectivity index (χ2n) is 4.73. The van der Waals surface area contributed by atoms with Crippen LogP contribution in [0, 0.1) is 6.92 Å². The Morgan fingerprint density at radius 3 is 2.44 bits per heavy atom. The predicted octanol–water partition coefficient (Wildman–Crippen LogP) is 3.53. The highest BCUT2D eigenvalue weighted by molar-refractivity contribution is 5.50. The van der Waals surface area contributed by atoms with Crippen molar-refractivity contribution in [2.45, 2.75) is 13.0 Å². The van der Waals surface area contributed by atoms with Crippen LogP contribution < -0.4 is 4.90 Å². The molecule has 2 heteroatoms. The summed E-state index contributed by atoms with van der Waals surface area (Å²) in [6.45, 7) is 3.54. The van der Waals surface area contributed by atoms with E-state index in [0.717, 1.165) is 6.61 Å². The van der Waals surface area contributed by atoms with Gasteiger partial charge in [-0.25, -0.2) is 0 Å². The largest absolute Gasteiger partial charge is 0.359 e. The number of benzene rings is 2. The van der Waals surface area contributed by atoms with E-state index >= 15 is 0 Å². The summed E-state index contributed by atoms with van der Waals surface area (Å²) in [7, 11) is 0. The van der Waals surface area contributed by atoms with Crippen molar-refractivity contribution >= 4 is 5.69 Å². The summed E-state index contributed by atoms with van der Waals surface area (Å²) in [6, 6.07) is 19.5. The van der Waals surface area contributed by atoms with Crippen LogP contribution in [0.4, 0.5) is 5.69 Å². The molecule has 1 aliphatic rings.